The third kappa shape index (κ3) is 3.97. The maximum absolute atomic E-state index is 12.6. The van der Waals surface area contributed by atoms with Crippen LogP contribution in [0.3, 0.4) is 0 Å². The second kappa shape index (κ2) is 7.57. The molecule has 1 atom stereocenters. The Bertz CT molecular complexity index is 924. The van der Waals surface area contributed by atoms with Gasteiger partial charge in [0, 0.05) is 37.1 Å². The number of carbonyl (C=O) groups is 1. The highest BCUT2D eigenvalue weighted by Crippen LogP contribution is 2.29. The molecule has 1 amide bonds. The molecule has 7 nitrogen and oxygen atoms in total. The van der Waals surface area contributed by atoms with Crippen molar-refractivity contribution in [3.63, 3.8) is 0 Å². The van der Waals surface area contributed by atoms with Gasteiger partial charge in [-0.05, 0) is 55.7 Å². The summed E-state index contributed by atoms with van der Waals surface area (Å²) in [5, 5.41) is 9.90. The highest BCUT2D eigenvalue weighted by molar-refractivity contribution is 5.92. The monoisotopic (exact) mass is 362 g/mol. The number of hydrogen-bond acceptors (Lipinski definition) is 5. The first-order chi connectivity index (χ1) is 13.2. The van der Waals surface area contributed by atoms with Crippen molar-refractivity contribution >= 4 is 17.5 Å². The molecule has 2 N–H and O–H groups in total. The number of anilines is 2. The van der Waals surface area contributed by atoms with E-state index >= 15 is 0 Å². The second-order valence-electron chi connectivity index (χ2n) is 6.82. The first-order valence-corrected chi connectivity index (χ1v) is 9.14. The Morgan fingerprint density at radius 2 is 2.15 bits per heavy atom. The number of hydrogen-bond donors (Lipinski definition) is 2. The number of likely N-dealkylation sites (tertiary alicyclic amines) is 1. The van der Waals surface area contributed by atoms with Crippen molar-refractivity contribution in [2.75, 3.05) is 18.4 Å². The molecule has 7 heteroatoms. The van der Waals surface area contributed by atoms with Crippen LogP contribution >= 0.6 is 0 Å². The normalized spacial score (nSPS) is 16.9. The smallest absolute Gasteiger partial charge is 0.271 e. The molecule has 0 radical (unpaired) electrons. The van der Waals surface area contributed by atoms with Crippen molar-refractivity contribution in [1.29, 1.82) is 0 Å². The van der Waals surface area contributed by atoms with Crippen LogP contribution < -0.4 is 5.32 Å². The fraction of sp³-hybridized carbons (Fsp3) is 0.300. The van der Waals surface area contributed by atoms with Crippen molar-refractivity contribution in [3.05, 3.63) is 65.7 Å². The summed E-state index contributed by atoms with van der Waals surface area (Å²) >= 11 is 0. The molecule has 1 saturated heterocycles. The number of nitrogens with zero attached hydrogens (tertiary/aromatic N) is 4. The highest BCUT2D eigenvalue weighted by atomic mass is 16.2. The zero-order valence-corrected chi connectivity index (χ0v) is 15.2. The molecule has 27 heavy (non-hydrogen) atoms. The molecule has 0 aliphatic carbocycles. The van der Waals surface area contributed by atoms with Crippen LogP contribution in [0.15, 0.2) is 48.8 Å². The van der Waals surface area contributed by atoms with Gasteiger partial charge >= 0.3 is 0 Å². The Morgan fingerprint density at radius 3 is 2.96 bits per heavy atom. The zero-order chi connectivity index (χ0) is 18.6. The van der Waals surface area contributed by atoms with Gasteiger partial charge in [-0.2, -0.15) is 5.10 Å². The van der Waals surface area contributed by atoms with Crippen molar-refractivity contribution in [2.45, 2.75) is 25.7 Å². The molecule has 0 saturated carbocycles. The molecule has 1 unspecified atom stereocenters. The highest BCUT2D eigenvalue weighted by Gasteiger charge is 2.26. The number of rotatable bonds is 4. The topological polar surface area (TPSA) is 86.8 Å². The Labute approximate surface area is 157 Å². The van der Waals surface area contributed by atoms with Crippen LogP contribution in [-0.4, -0.2) is 44.1 Å². The predicted octanol–water partition coefficient (Wildman–Crippen LogP) is 3.27. The number of H-pyrrole nitrogens is 1. The summed E-state index contributed by atoms with van der Waals surface area (Å²) in [5.41, 5.74) is 2.68. The maximum atomic E-state index is 12.6. The van der Waals surface area contributed by atoms with Crippen LogP contribution in [0.25, 0.3) is 0 Å². The van der Waals surface area contributed by atoms with Crippen molar-refractivity contribution in [3.8, 4) is 0 Å². The van der Waals surface area contributed by atoms with Gasteiger partial charge < -0.3 is 10.2 Å². The fourth-order valence-corrected chi connectivity index (χ4v) is 3.49. The molecule has 4 heterocycles. The molecule has 0 bridgehead atoms. The average molecular weight is 362 g/mol. The Balaban J connectivity index is 1.48. The largest absolute Gasteiger partial charge is 0.337 e. The van der Waals surface area contributed by atoms with Crippen molar-refractivity contribution < 1.29 is 4.79 Å². The molecule has 0 aromatic carbocycles. The number of nitrogens with one attached hydrogen (secondary N) is 2. The predicted molar refractivity (Wildman–Crippen MR) is 103 cm³/mol. The molecule has 3 aromatic rings. The number of amides is 1. The minimum Gasteiger partial charge on any atom is -0.337 e. The molecule has 1 fully saturated rings. The molecular formula is C20H22N6O. The fourth-order valence-electron chi connectivity index (χ4n) is 3.49. The Kier molecular flexibility index (Phi) is 4.82. The van der Waals surface area contributed by atoms with E-state index in [2.05, 4.69) is 31.5 Å². The summed E-state index contributed by atoms with van der Waals surface area (Å²) in [6.07, 6.45) is 5.45. The summed E-state index contributed by atoms with van der Waals surface area (Å²) < 4.78 is 0. The number of pyridine rings is 2. The SMILES string of the molecule is Cc1cccc(Nc2cc(C3CCCN(C(=O)c4ccn[nH]4)C3)ccn2)n1. The van der Waals surface area contributed by atoms with Gasteiger partial charge in [0.05, 0.1) is 0 Å². The van der Waals surface area contributed by atoms with Gasteiger partial charge in [0.2, 0.25) is 0 Å². The lowest BCUT2D eigenvalue weighted by atomic mass is 9.91. The van der Waals surface area contributed by atoms with E-state index in [4.69, 9.17) is 0 Å². The van der Waals surface area contributed by atoms with Crippen LogP contribution in [0.5, 0.6) is 0 Å². The summed E-state index contributed by atoms with van der Waals surface area (Å²) in [4.78, 5) is 23.4. The number of aromatic nitrogens is 4. The first kappa shape index (κ1) is 17.2. The van der Waals surface area contributed by atoms with Crippen LogP contribution in [-0.2, 0) is 0 Å². The average Bonchev–Trinajstić information content (AvgIpc) is 3.23. The number of aromatic amines is 1. The summed E-state index contributed by atoms with van der Waals surface area (Å²) in [6, 6.07) is 11.7. The summed E-state index contributed by atoms with van der Waals surface area (Å²) in [7, 11) is 0. The summed E-state index contributed by atoms with van der Waals surface area (Å²) in [6.45, 7) is 3.43. The maximum Gasteiger partial charge on any atom is 0.271 e. The molecule has 138 valence electrons. The van der Waals surface area contributed by atoms with Gasteiger partial charge in [0.1, 0.15) is 17.3 Å². The van der Waals surface area contributed by atoms with Crippen LogP contribution in [0.1, 0.15) is 40.5 Å². The van der Waals surface area contributed by atoms with E-state index in [-0.39, 0.29) is 5.91 Å². The van der Waals surface area contributed by atoms with E-state index in [1.807, 2.05) is 42.3 Å². The second-order valence-corrected chi connectivity index (χ2v) is 6.82. The van der Waals surface area contributed by atoms with E-state index < -0.39 is 0 Å². The minimum absolute atomic E-state index is 0.00793. The number of aryl methyl sites for hydroxylation is 1. The van der Waals surface area contributed by atoms with Gasteiger partial charge in [-0.25, -0.2) is 9.97 Å². The lowest BCUT2D eigenvalue weighted by molar-refractivity contribution is 0.0701. The van der Waals surface area contributed by atoms with Gasteiger partial charge in [-0.3, -0.25) is 9.89 Å². The van der Waals surface area contributed by atoms with Crippen LogP contribution in [0, 0.1) is 6.92 Å². The number of piperidine rings is 1. The zero-order valence-electron chi connectivity index (χ0n) is 15.2. The molecule has 4 rings (SSSR count). The first-order valence-electron chi connectivity index (χ1n) is 9.14. The van der Waals surface area contributed by atoms with Crippen LogP contribution in [0.2, 0.25) is 0 Å². The summed E-state index contributed by atoms with van der Waals surface area (Å²) in [5.74, 6) is 1.84. The molecular weight excluding hydrogens is 340 g/mol. The Morgan fingerprint density at radius 1 is 1.22 bits per heavy atom. The van der Waals surface area contributed by atoms with E-state index in [0.29, 0.717) is 18.2 Å². The van der Waals surface area contributed by atoms with Gasteiger partial charge in [0.25, 0.3) is 5.91 Å². The Hall–Kier alpha value is -3.22. The van der Waals surface area contributed by atoms with E-state index in [1.54, 1.807) is 12.3 Å². The quantitative estimate of drug-likeness (QED) is 0.744. The van der Waals surface area contributed by atoms with Gasteiger partial charge in [-0.1, -0.05) is 6.07 Å². The molecule has 1 aliphatic heterocycles. The standard InChI is InChI=1S/C20H22N6O/c1-14-4-2-6-18(23-14)24-19-12-15(7-9-21-19)16-5-3-11-26(13-16)20(27)17-8-10-22-25-17/h2,4,6-10,12,16H,3,5,11,13H2,1H3,(H,22,25)(H,21,23,24). The van der Waals surface area contributed by atoms with Crippen molar-refractivity contribution in [1.82, 2.24) is 25.1 Å². The van der Waals surface area contributed by atoms with E-state index in [9.17, 15) is 4.79 Å². The van der Waals surface area contributed by atoms with E-state index in [0.717, 1.165) is 36.7 Å². The van der Waals surface area contributed by atoms with Crippen molar-refractivity contribution in [2.24, 2.45) is 0 Å². The van der Waals surface area contributed by atoms with E-state index in [1.165, 1.54) is 5.56 Å². The van der Waals surface area contributed by atoms with Gasteiger partial charge in [-0.15, -0.1) is 0 Å². The third-order valence-electron chi connectivity index (χ3n) is 4.84. The molecule has 3 aromatic heterocycles. The minimum atomic E-state index is 0.00793. The van der Waals surface area contributed by atoms with Crippen LogP contribution in [0.4, 0.5) is 11.6 Å². The lowest BCUT2D eigenvalue weighted by Gasteiger charge is -2.32. The lowest BCUT2D eigenvalue weighted by Crippen LogP contribution is -2.39. The molecule has 1 aliphatic rings. The molecule has 0 spiro atoms. The van der Waals surface area contributed by atoms with Gasteiger partial charge in [0.15, 0.2) is 0 Å². The number of carbonyl (C=O) groups excluding carboxylic acids is 1. The third-order valence-corrected chi connectivity index (χ3v) is 4.84.